The lowest BCUT2D eigenvalue weighted by molar-refractivity contribution is -0.137. The summed E-state index contributed by atoms with van der Waals surface area (Å²) in [6.45, 7) is 1.14. The fourth-order valence-corrected chi connectivity index (χ4v) is 2.40. The largest absolute Gasteiger partial charge is 0.480 e. The number of fused-ring (bicyclic) bond motifs is 1. The lowest BCUT2D eigenvalue weighted by Crippen LogP contribution is -2.10. The van der Waals surface area contributed by atoms with Gasteiger partial charge < -0.3 is 5.11 Å². The summed E-state index contributed by atoms with van der Waals surface area (Å²) < 4.78 is 1.33. The highest BCUT2D eigenvalue weighted by Gasteiger charge is 2.16. The maximum Gasteiger partial charge on any atom is 0.325 e. The molecule has 2 aromatic heterocycles. The molecule has 1 N–H and O–H groups in total. The fourth-order valence-electron chi connectivity index (χ4n) is 2.40. The van der Waals surface area contributed by atoms with Crippen molar-refractivity contribution in [2.75, 3.05) is 0 Å². The molecule has 6 heteroatoms. The van der Waals surface area contributed by atoms with Crippen LogP contribution < -0.4 is 0 Å². The van der Waals surface area contributed by atoms with Crippen LogP contribution in [0, 0.1) is 0 Å². The summed E-state index contributed by atoms with van der Waals surface area (Å²) in [6.07, 6.45) is 3.42. The van der Waals surface area contributed by atoms with E-state index in [4.69, 9.17) is 5.11 Å². The Morgan fingerprint density at radius 2 is 2.05 bits per heavy atom. The Hall–Kier alpha value is -3.02. The minimum absolute atomic E-state index is 0.197. The van der Waals surface area contributed by atoms with E-state index in [0.29, 0.717) is 10.9 Å². The number of hydrogen-bond acceptors (Lipinski definition) is 4. The molecule has 0 unspecified atom stereocenters. The van der Waals surface area contributed by atoms with Crippen molar-refractivity contribution in [1.29, 1.82) is 0 Å². The van der Waals surface area contributed by atoms with Gasteiger partial charge in [0, 0.05) is 30.3 Å². The van der Waals surface area contributed by atoms with Crippen molar-refractivity contribution < 1.29 is 14.7 Å². The molecule has 0 spiro atoms. The van der Waals surface area contributed by atoms with Gasteiger partial charge in [-0.05, 0) is 23.8 Å². The number of carbonyl (C=O) groups excluding carboxylic acids is 1. The van der Waals surface area contributed by atoms with Crippen LogP contribution in [-0.2, 0) is 11.3 Å². The van der Waals surface area contributed by atoms with Crippen LogP contribution in [0.15, 0.2) is 42.7 Å². The standard InChI is InChI=1S/C16H13N3O3/c1-10(20)16-13-7-11(12-3-2-6-17-8-12)4-5-14(13)19(18-16)9-15(21)22/h2-8H,9H2,1H3,(H,21,22). The Kier molecular flexibility index (Phi) is 3.42. The number of ketones is 1. The van der Waals surface area contributed by atoms with Crippen molar-refractivity contribution in [1.82, 2.24) is 14.8 Å². The average Bonchev–Trinajstić information content (AvgIpc) is 2.86. The normalized spacial score (nSPS) is 10.8. The zero-order chi connectivity index (χ0) is 15.7. The number of carbonyl (C=O) groups is 2. The Morgan fingerprint density at radius 1 is 1.23 bits per heavy atom. The molecule has 1 aromatic carbocycles. The molecule has 0 aliphatic rings. The summed E-state index contributed by atoms with van der Waals surface area (Å²) in [4.78, 5) is 26.8. The summed E-state index contributed by atoms with van der Waals surface area (Å²) in [7, 11) is 0. The van der Waals surface area contributed by atoms with E-state index in [1.54, 1.807) is 18.5 Å². The van der Waals surface area contributed by atoms with Gasteiger partial charge in [-0.2, -0.15) is 5.10 Å². The molecule has 0 saturated carbocycles. The van der Waals surface area contributed by atoms with Crippen molar-refractivity contribution in [3.63, 3.8) is 0 Å². The van der Waals surface area contributed by atoms with E-state index >= 15 is 0 Å². The van der Waals surface area contributed by atoms with Crippen molar-refractivity contribution in [3.05, 3.63) is 48.4 Å². The third kappa shape index (κ3) is 2.46. The Balaban J connectivity index is 2.20. The van der Waals surface area contributed by atoms with E-state index in [9.17, 15) is 9.59 Å². The van der Waals surface area contributed by atoms with Gasteiger partial charge in [0.25, 0.3) is 0 Å². The smallest absolute Gasteiger partial charge is 0.325 e. The van der Waals surface area contributed by atoms with Gasteiger partial charge >= 0.3 is 5.97 Å². The number of hydrogen-bond donors (Lipinski definition) is 1. The summed E-state index contributed by atoms with van der Waals surface area (Å²) >= 11 is 0. The zero-order valence-corrected chi connectivity index (χ0v) is 11.9. The lowest BCUT2D eigenvalue weighted by Gasteiger charge is -2.03. The molecule has 6 nitrogen and oxygen atoms in total. The summed E-state index contributed by atoms with van der Waals surface area (Å²) in [5.74, 6) is -1.20. The maximum atomic E-state index is 11.8. The molecule has 110 valence electrons. The molecule has 3 rings (SSSR count). The number of Topliss-reactive ketones (excluding diaryl/α,β-unsaturated/α-hetero) is 1. The molecule has 0 radical (unpaired) electrons. The van der Waals surface area contributed by atoms with Crippen LogP contribution >= 0.6 is 0 Å². The van der Waals surface area contributed by atoms with E-state index in [1.807, 2.05) is 24.3 Å². The minimum Gasteiger partial charge on any atom is -0.480 e. The van der Waals surface area contributed by atoms with Gasteiger partial charge in [-0.3, -0.25) is 19.3 Å². The van der Waals surface area contributed by atoms with Gasteiger partial charge in [-0.15, -0.1) is 0 Å². The van der Waals surface area contributed by atoms with Crippen LogP contribution in [0.25, 0.3) is 22.0 Å². The number of aromatic nitrogens is 3. The van der Waals surface area contributed by atoms with E-state index in [-0.39, 0.29) is 18.0 Å². The molecule has 0 amide bonds. The van der Waals surface area contributed by atoms with Crippen molar-refractivity contribution in [2.45, 2.75) is 13.5 Å². The first-order chi connectivity index (χ1) is 10.6. The van der Waals surface area contributed by atoms with E-state index < -0.39 is 5.97 Å². The summed E-state index contributed by atoms with van der Waals surface area (Å²) in [6, 6.07) is 9.24. The van der Waals surface area contributed by atoms with Crippen LogP contribution in [0.3, 0.4) is 0 Å². The number of carboxylic acids is 1. The molecule has 0 atom stereocenters. The molecule has 0 aliphatic heterocycles. The molecular weight excluding hydrogens is 282 g/mol. The van der Waals surface area contributed by atoms with E-state index in [2.05, 4.69) is 10.1 Å². The Labute approximate surface area is 126 Å². The minimum atomic E-state index is -1.00. The van der Waals surface area contributed by atoms with Gasteiger partial charge in [0.2, 0.25) is 0 Å². The fraction of sp³-hybridized carbons (Fsp3) is 0.125. The molecule has 0 fully saturated rings. The van der Waals surface area contributed by atoms with Gasteiger partial charge in [0.05, 0.1) is 5.52 Å². The molecule has 3 aromatic rings. The van der Waals surface area contributed by atoms with Gasteiger partial charge in [0.15, 0.2) is 5.78 Å². The van der Waals surface area contributed by atoms with Crippen LogP contribution in [-0.4, -0.2) is 31.6 Å². The summed E-state index contributed by atoms with van der Waals surface area (Å²) in [5.41, 5.74) is 2.73. The van der Waals surface area contributed by atoms with Crippen molar-refractivity contribution in [2.24, 2.45) is 0 Å². The number of carboxylic acid groups (broad SMARTS) is 1. The van der Waals surface area contributed by atoms with Crippen LogP contribution in [0.5, 0.6) is 0 Å². The maximum absolute atomic E-state index is 11.8. The first-order valence-corrected chi connectivity index (χ1v) is 6.70. The van der Waals surface area contributed by atoms with E-state index in [0.717, 1.165) is 11.1 Å². The molecule has 2 heterocycles. The topological polar surface area (TPSA) is 85.1 Å². The monoisotopic (exact) mass is 295 g/mol. The molecule has 0 bridgehead atoms. The number of aliphatic carboxylic acids is 1. The van der Waals surface area contributed by atoms with E-state index in [1.165, 1.54) is 11.6 Å². The second kappa shape index (κ2) is 5.40. The predicted molar refractivity (Wildman–Crippen MR) is 80.6 cm³/mol. The van der Waals surface area contributed by atoms with Crippen LogP contribution in [0.4, 0.5) is 0 Å². The van der Waals surface area contributed by atoms with Gasteiger partial charge in [-0.1, -0.05) is 12.1 Å². The molecular formula is C16H13N3O3. The van der Waals surface area contributed by atoms with Crippen molar-refractivity contribution >= 4 is 22.7 Å². The SMILES string of the molecule is CC(=O)c1nn(CC(=O)O)c2ccc(-c3cccnc3)cc12. The number of pyridine rings is 1. The highest BCUT2D eigenvalue weighted by Crippen LogP contribution is 2.26. The van der Waals surface area contributed by atoms with Gasteiger partial charge in [-0.25, -0.2) is 0 Å². The Morgan fingerprint density at radius 3 is 2.68 bits per heavy atom. The molecule has 0 aliphatic carbocycles. The predicted octanol–water partition coefficient (Wildman–Crippen LogP) is 2.39. The number of rotatable bonds is 4. The second-order valence-corrected chi connectivity index (χ2v) is 4.93. The van der Waals surface area contributed by atoms with Crippen LogP contribution in [0.1, 0.15) is 17.4 Å². The van der Waals surface area contributed by atoms with Gasteiger partial charge in [0.1, 0.15) is 12.2 Å². The third-order valence-corrected chi connectivity index (χ3v) is 3.36. The quantitative estimate of drug-likeness (QED) is 0.747. The average molecular weight is 295 g/mol. The number of benzene rings is 1. The van der Waals surface area contributed by atoms with Crippen molar-refractivity contribution in [3.8, 4) is 11.1 Å². The first-order valence-electron chi connectivity index (χ1n) is 6.70. The molecule has 22 heavy (non-hydrogen) atoms. The Bertz CT molecular complexity index is 869. The number of nitrogens with zero attached hydrogens (tertiary/aromatic N) is 3. The highest BCUT2D eigenvalue weighted by molar-refractivity contribution is 6.06. The zero-order valence-electron chi connectivity index (χ0n) is 11.9. The first kappa shape index (κ1) is 13.9. The summed E-state index contributed by atoms with van der Waals surface area (Å²) in [5, 5.41) is 13.7. The third-order valence-electron chi connectivity index (χ3n) is 3.36. The lowest BCUT2D eigenvalue weighted by atomic mass is 10.0. The van der Waals surface area contributed by atoms with Crippen LogP contribution in [0.2, 0.25) is 0 Å². The molecule has 0 saturated heterocycles. The highest BCUT2D eigenvalue weighted by atomic mass is 16.4. The second-order valence-electron chi connectivity index (χ2n) is 4.93.